The van der Waals surface area contributed by atoms with E-state index in [2.05, 4.69) is 9.88 Å². The van der Waals surface area contributed by atoms with E-state index in [0.717, 1.165) is 42.4 Å². The van der Waals surface area contributed by atoms with Crippen LogP contribution >= 0.6 is 0 Å². The molecule has 1 unspecified atom stereocenters. The van der Waals surface area contributed by atoms with E-state index in [1.807, 2.05) is 37.5 Å². The summed E-state index contributed by atoms with van der Waals surface area (Å²) in [6.45, 7) is 1.63. The standard InChI is InChI=1S/C20H22N4O2/c1-23-19(22-15-6-3-2-5-14(15)20(23)25)16-7-4-10-24(16)12-18-21-11-17(26-18)13-8-9-13/h2-3,5-6,11,13,16H,4,7-10,12H2,1H3. The Bertz CT molecular complexity index is 1020. The first-order chi connectivity index (χ1) is 12.7. The van der Waals surface area contributed by atoms with E-state index in [4.69, 9.17) is 9.40 Å². The lowest BCUT2D eigenvalue weighted by Gasteiger charge is -2.24. The van der Waals surface area contributed by atoms with Gasteiger partial charge in [-0.3, -0.25) is 14.3 Å². The third-order valence-electron chi connectivity index (χ3n) is 5.57. The van der Waals surface area contributed by atoms with Crippen molar-refractivity contribution in [3.63, 3.8) is 0 Å². The van der Waals surface area contributed by atoms with Gasteiger partial charge in [-0.05, 0) is 44.4 Å². The summed E-state index contributed by atoms with van der Waals surface area (Å²) < 4.78 is 7.64. The van der Waals surface area contributed by atoms with Crippen LogP contribution in [0.15, 0.2) is 39.7 Å². The minimum absolute atomic E-state index is 0.0181. The monoisotopic (exact) mass is 350 g/mol. The zero-order chi connectivity index (χ0) is 17.7. The van der Waals surface area contributed by atoms with Gasteiger partial charge in [0.05, 0.1) is 29.7 Å². The largest absolute Gasteiger partial charge is 0.444 e. The van der Waals surface area contributed by atoms with Crippen LogP contribution in [0, 0.1) is 0 Å². The normalized spacial score (nSPS) is 20.9. The Morgan fingerprint density at radius 2 is 2.08 bits per heavy atom. The van der Waals surface area contributed by atoms with Crippen LogP contribution in [0.4, 0.5) is 0 Å². The molecule has 0 spiro atoms. The Morgan fingerprint density at radius 3 is 2.92 bits per heavy atom. The smallest absolute Gasteiger partial charge is 0.261 e. The van der Waals surface area contributed by atoms with Gasteiger partial charge < -0.3 is 4.42 Å². The first kappa shape index (κ1) is 15.8. The first-order valence-corrected chi connectivity index (χ1v) is 9.35. The van der Waals surface area contributed by atoms with E-state index < -0.39 is 0 Å². The molecule has 5 rings (SSSR count). The molecule has 6 heteroatoms. The van der Waals surface area contributed by atoms with Crippen molar-refractivity contribution in [2.75, 3.05) is 6.54 Å². The number of nitrogens with zero attached hydrogens (tertiary/aromatic N) is 4. The second-order valence-corrected chi connectivity index (χ2v) is 7.41. The van der Waals surface area contributed by atoms with Crippen LogP contribution in [-0.2, 0) is 13.6 Å². The van der Waals surface area contributed by atoms with Crippen LogP contribution in [0.2, 0.25) is 0 Å². The van der Waals surface area contributed by atoms with E-state index in [0.29, 0.717) is 17.8 Å². The molecule has 3 heterocycles. The number of rotatable bonds is 4. The summed E-state index contributed by atoms with van der Waals surface area (Å²) >= 11 is 0. The zero-order valence-electron chi connectivity index (χ0n) is 14.9. The second kappa shape index (κ2) is 6.06. The number of benzene rings is 1. The Balaban J connectivity index is 1.47. The maximum atomic E-state index is 12.7. The summed E-state index contributed by atoms with van der Waals surface area (Å²) in [6, 6.07) is 7.68. The van der Waals surface area contributed by atoms with Crippen LogP contribution in [0.25, 0.3) is 10.9 Å². The molecule has 3 aromatic rings. The van der Waals surface area contributed by atoms with Gasteiger partial charge in [-0.25, -0.2) is 9.97 Å². The third kappa shape index (κ3) is 2.65. The number of hydrogen-bond acceptors (Lipinski definition) is 5. The van der Waals surface area contributed by atoms with Gasteiger partial charge in [0.1, 0.15) is 11.6 Å². The van der Waals surface area contributed by atoms with E-state index in [-0.39, 0.29) is 11.6 Å². The van der Waals surface area contributed by atoms with Crippen LogP contribution in [0.3, 0.4) is 0 Å². The summed E-state index contributed by atoms with van der Waals surface area (Å²) in [7, 11) is 1.82. The molecular formula is C20H22N4O2. The van der Waals surface area contributed by atoms with Crippen LogP contribution in [-0.4, -0.2) is 26.0 Å². The zero-order valence-corrected chi connectivity index (χ0v) is 14.9. The molecule has 26 heavy (non-hydrogen) atoms. The average molecular weight is 350 g/mol. The predicted molar refractivity (Wildman–Crippen MR) is 97.8 cm³/mol. The Morgan fingerprint density at radius 1 is 1.23 bits per heavy atom. The molecule has 0 bridgehead atoms. The van der Waals surface area contributed by atoms with Crippen molar-refractivity contribution in [2.45, 2.75) is 44.2 Å². The predicted octanol–water partition coefficient (Wildman–Crippen LogP) is 3.14. The highest BCUT2D eigenvalue weighted by atomic mass is 16.4. The van der Waals surface area contributed by atoms with Gasteiger partial charge in [-0.15, -0.1) is 0 Å². The maximum Gasteiger partial charge on any atom is 0.261 e. The molecule has 134 valence electrons. The quantitative estimate of drug-likeness (QED) is 0.723. The summed E-state index contributed by atoms with van der Waals surface area (Å²) in [5.74, 6) is 3.20. The van der Waals surface area contributed by atoms with Crippen molar-refractivity contribution in [3.8, 4) is 0 Å². The summed E-state index contributed by atoms with van der Waals surface area (Å²) in [6.07, 6.45) is 6.38. The first-order valence-electron chi connectivity index (χ1n) is 9.35. The molecular weight excluding hydrogens is 328 g/mol. The Kier molecular flexibility index (Phi) is 3.67. The highest BCUT2D eigenvalue weighted by Gasteiger charge is 2.32. The summed E-state index contributed by atoms with van der Waals surface area (Å²) in [5, 5.41) is 0.671. The Labute approximate surface area is 151 Å². The molecule has 6 nitrogen and oxygen atoms in total. The lowest BCUT2D eigenvalue weighted by atomic mass is 10.1. The maximum absolute atomic E-state index is 12.7. The van der Waals surface area contributed by atoms with Crippen LogP contribution < -0.4 is 5.56 Å². The number of hydrogen-bond donors (Lipinski definition) is 0. The van der Waals surface area contributed by atoms with Gasteiger partial charge in [-0.2, -0.15) is 0 Å². The molecule has 1 aromatic carbocycles. The average Bonchev–Trinajstić information content (AvgIpc) is 3.23. The van der Waals surface area contributed by atoms with Crippen LogP contribution in [0.5, 0.6) is 0 Å². The highest BCUT2D eigenvalue weighted by molar-refractivity contribution is 5.77. The van der Waals surface area contributed by atoms with Crippen molar-refractivity contribution in [1.82, 2.24) is 19.4 Å². The van der Waals surface area contributed by atoms with Crippen molar-refractivity contribution >= 4 is 10.9 Å². The van der Waals surface area contributed by atoms with Gasteiger partial charge in [0, 0.05) is 13.0 Å². The van der Waals surface area contributed by atoms with E-state index in [1.54, 1.807) is 4.57 Å². The summed E-state index contributed by atoms with van der Waals surface area (Å²) in [5.41, 5.74) is 0.786. The highest BCUT2D eigenvalue weighted by Crippen LogP contribution is 2.40. The molecule has 1 saturated carbocycles. The Hall–Kier alpha value is -2.47. The number of likely N-dealkylation sites (tertiary alicyclic amines) is 1. The van der Waals surface area contributed by atoms with E-state index in [9.17, 15) is 4.79 Å². The molecule has 2 fully saturated rings. The van der Waals surface area contributed by atoms with Crippen LogP contribution in [0.1, 0.15) is 55.1 Å². The fraction of sp³-hybridized carbons (Fsp3) is 0.450. The number of para-hydroxylation sites is 1. The number of oxazole rings is 1. The van der Waals surface area contributed by atoms with Crippen molar-refractivity contribution in [3.05, 3.63) is 58.3 Å². The van der Waals surface area contributed by atoms with Gasteiger partial charge in [0.15, 0.2) is 0 Å². The fourth-order valence-electron chi connectivity index (χ4n) is 3.97. The van der Waals surface area contributed by atoms with Gasteiger partial charge in [-0.1, -0.05) is 12.1 Å². The molecule has 1 atom stereocenters. The molecule has 1 aliphatic heterocycles. The minimum Gasteiger partial charge on any atom is -0.444 e. The van der Waals surface area contributed by atoms with E-state index in [1.165, 1.54) is 12.8 Å². The van der Waals surface area contributed by atoms with Crippen molar-refractivity contribution in [1.29, 1.82) is 0 Å². The third-order valence-corrected chi connectivity index (χ3v) is 5.57. The van der Waals surface area contributed by atoms with E-state index >= 15 is 0 Å². The topological polar surface area (TPSA) is 64.2 Å². The van der Waals surface area contributed by atoms with Gasteiger partial charge in [0.2, 0.25) is 5.89 Å². The molecule has 2 aliphatic rings. The van der Waals surface area contributed by atoms with Gasteiger partial charge in [0.25, 0.3) is 5.56 Å². The SMILES string of the molecule is Cn1c(C2CCCN2Cc2ncc(C3CC3)o2)nc2ccccc2c1=O. The lowest BCUT2D eigenvalue weighted by Crippen LogP contribution is -2.30. The molecule has 1 saturated heterocycles. The molecule has 0 N–H and O–H groups in total. The molecule has 0 amide bonds. The lowest BCUT2D eigenvalue weighted by molar-refractivity contribution is 0.210. The molecule has 1 aliphatic carbocycles. The number of aromatic nitrogens is 3. The van der Waals surface area contributed by atoms with Crippen molar-refractivity contribution < 1.29 is 4.42 Å². The molecule has 0 radical (unpaired) electrons. The number of fused-ring (bicyclic) bond motifs is 1. The van der Waals surface area contributed by atoms with Gasteiger partial charge >= 0.3 is 0 Å². The second-order valence-electron chi connectivity index (χ2n) is 7.41. The molecule has 2 aromatic heterocycles. The fourth-order valence-corrected chi connectivity index (χ4v) is 3.97. The minimum atomic E-state index is 0.0181. The summed E-state index contributed by atoms with van der Waals surface area (Å²) in [4.78, 5) is 24.3. The van der Waals surface area contributed by atoms with Crippen molar-refractivity contribution in [2.24, 2.45) is 7.05 Å².